The third kappa shape index (κ3) is 3.14. The topological polar surface area (TPSA) is 34.0 Å². The van der Waals surface area contributed by atoms with Crippen LogP contribution in [0.3, 0.4) is 0 Å². The summed E-state index contributed by atoms with van der Waals surface area (Å²) in [5.74, 6) is -0.183. The van der Waals surface area contributed by atoms with Crippen LogP contribution in [0, 0.1) is 6.92 Å². The summed E-state index contributed by atoms with van der Waals surface area (Å²) in [5, 5.41) is 4.78. The van der Waals surface area contributed by atoms with Crippen LogP contribution in [-0.4, -0.2) is 10.5 Å². The first-order chi connectivity index (χ1) is 12.0. The average Bonchev–Trinajstić information content (AvgIpc) is 2.90. The fourth-order valence-corrected chi connectivity index (χ4v) is 3.54. The molecule has 0 saturated heterocycles. The number of nitrogens with one attached hydrogen (secondary N) is 1. The SMILES string of the molecule is CCc1ccc2c(c1)c(C)c(C(=O)Nc1cccc(Cl)c1Cl)n2CC. The Labute approximate surface area is 157 Å². The van der Waals surface area contributed by atoms with Crippen molar-refractivity contribution >= 4 is 45.7 Å². The van der Waals surface area contributed by atoms with Crippen molar-refractivity contribution < 1.29 is 4.79 Å². The maximum atomic E-state index is 13.0. The lowest BCUT2D eigenvalue weighted by atomic mass is 10.1. The number of rotatable bonds is 4. The van der Waals surface area contributed by atoms with E-state index in [9.17, 15) is 4.79 Å². The molecule has 0 bridgehead atoms. The van der Waals surface area contributed by atoms with Gasteiger partial charge in [0.25, 0.3) is 5.91 Å². The molecule has 0 unspecified atom stereocenters. The minimum absolute atomic E-state index is 0.183. The van der Waals surface area contributed by atoms with E-state index in [1.807, 2.05) is 18.4 Å². The van der Waals surface area contributed by atoms with Crippen LogP contribution in [0.2, 0.25) is 10.0 Å². The predicted molar refractivity (Wildman–Crippen MR) is 106 cm³/mol. The third-order valence-electron chi connectivity index (χ3n) is 4.52. The molecule has 2 aromatic carbocycles. The maximum absolute atomic E-state index is 13.0. The van der Waals surface area contributed by atoms with Gasteiger partial charge in [0.1, 0.15) is 5.69 Å². The molecular weight excluding hydrogens is 355 g/mol. The molecule has 0 fully saturated rings. The first-order valence-corrected chi connectivity index (χ1v) is 9.10. The summed E-state index contributed by atoms with van der Waals surface area (Å²) in [6, 6.07) is 11.6. The van der Waals surface area contributed by atoms with E-state index in [-0.39, 0.29) is 5.91 Å². The van der Waals surface area contributed by atoms with E-state index in [0.29, 0.717) is 28.0 Å². The highest BCUT2D eigenvalue weighted by atomic mass is 35.5. The van der Waals surface area contributed by atoms with E-state index in [1.54, 1.807) is 18.2 Å². The number of hydrogen-bond donors (Lipinski definition) is 1. The van der Waals surface area contributed by atoms with Gasteiger partial charge in [0, 0.05) is 17.4 Å². The second kappa shape index (κ2) is 7.11. The van der Waals surface area contributed by atoms with Crippen molar-refractivity contribution in [3.63, 3.8) is 0 Å². The summed E-state index contributed by atoms with van der Waals surface area (Å²) >= 11 is 12.2. The van der Waals surface area contributed by atoms with Crippen LogP contribution in [0.15, 0.2) is 36.4 Å². The first-order valence-electron chi connectivity index (χ1n) is 8.35. The lowest BCUT2D eigenvalue weighted by Crippen LogP contribution is -2.18. The van der Waals surface area contributed by atoms with Crippen molar-refractivity contribution in [3.05, 3.63) is 63.3 Å². The fraction of sp³-hybridized carbons (Fsp3) is 0.250. The van der Waals surface area contributed by atoms with Gasteiger partial charge in [0.15, 0.2) is 0 Å². The standard InChI is InChI=1S/C20H20Cl2N2O/c1-4-13-9-10-17-14(11-13)12(3)19(24(17)5-2)20(25)23-16-8-6-7-15(21)18(16)22/h6-11H,4-5H2,1-3H3,(H,23,25). The van der Waals surface area contributed by atoms with E-state index in [0.717, 1.165) is 22.9 Å². The van der Waals surface area contributed by atoms with E-state index in [2.05, 4.69) is 30.4 Å². The Bertz CT molecular complexity index is 960. The van der Waals surface area contributed by atoms with Gasteiger partial charge in [0.05, 0.1) is 15.7 Å². The zero-order valence-electron chi connectivity index (χ0n) is 14.5. The molecule has 0 aliphatic heterocycles. The third-order valence-corrected chi connectivity index (χ3v) is 5.34. The van der Waals surface area contributed by atoms with Crippen LogP contribution in [0.5, 0.6) is 0 Å². The lowest BCUT2D eigenvalue weighted by molar-refractivity contribution is 0.101. The number of aromatic nitrogens is 1. The quantitative estimate of drug-likeness (QED) is 0.588. The van der Waals surface area contributed by atoms with Crippen LogP contribution in [-0.2, 0) is 13.0 Å². The zero-order valence-corrected chi connectivity index (χ0v) is 16.0. The highest BCUT2D eigenvalue weighted by Gasteiger charge is 2.20. The van der Waals surface area contributed by atoms with Crippen LogP contribution in [0.4, 0.5) is 5.69 Å². The summed E-state index contributed by atoms with van der Waals surface area (Å²) in [4.78, 5) is 13.0. The van der Waals surface area contributed by atoms with Crippen LogP contribution >= 0.6 is 23.2 Å². The Hall–Kier alpha value is -1.97. The summed E-state index contributed by atoms with van der Waals surface area (Å²) < 4.78 is 2.04. The number of aryl methyl sites for hydroxylation is 3. The molecule has 3 aromatic rings. The summed E-state index contributed by atoms with van der Waals surface area (Å²) in [7, 11) is 0. The van der Waals surface area contributed by atoms with Crippen LogP contribution in [0.1, 0.15) is 35.5 Å². The Morgan fingerprint density at radius 2 is 1.92 bits per heavy atom. The number of carbonyl (C=O) groups is 1. The number of nitrogens with zero attached hydrogens (tertiary/aromatic N) is 1. The Kier molecular flexibility index (Phi) is 5.07. The van der Waals surface area contributed by atoms with Crippen molar-refractivity contribution in [2.24, 2.45) is 0 Å². The highest BCUT2D eigenvalue weighted by molar-refractivity contribution is 6.44. The van der Waals surface area contributed by atoms with Crippen molar-refractivity contribution in [3.8, 4) is 0 Å². The molecule has 25 heavy (non-hydrogen) atoms. The smallest absolute Gasteiger partial charge is 0.272 e. The Morgan fingerprint density at radius 1 is 1.16 bits per heavy atom. The molecule has 1 N–H and O–H groups in total. The molecule has 0 aliphatic carbocycles. The van der Waals surface area contributed by atoms with Crippen LogP contribution in [0.25, 0.3) is 10.9 Å². The molecule has 1 heterocycles. The van der Waals surface area contributed by atoms with Gasteiger partial charge in [-0.15, -0.1) is 0 Å². The predicted octanol–water partition coefficient (Wildman–Crippen LogP) is 6.09. The van der Waals surface area contributed by atoms with E-state index >= 15 is 0 Å². The monoisotopic (exact) mass is 374 g/mol. The number of amides is 1. The van der Waals surface area contributed by atoms with Crippen molar-refractivity contribution in [1.82, 2.24) is 4.57 Å². The molecule has 3 rings (SSSR count). The van der Waals surface area contributed by atoms with Gasteiger partial charge in [-0.3, -0.25) is 4.79 Å². The van der Waals surface area contributed by atoms with Crippen molar-refractivity contribution in [1.29, 1.82) is 0 Å². The number of benzene rings is 2. The molecule has 1 amide bonds. The number of fused-ring (bicyclic) bond motifs is 1. The molecule has 1 aromatic heterocycles. The zero-order chi connectivity index (χ0) is 18.1. The molecular formula is C20H20Cl2N2O. The molecule has 0 atom stereocenters. The summed E-state index contributed by atoms with van der Waals surface area (Å²) in [5.41, 5.74) is 4.47. The number of halogens is 2. The lowest BCUT2D eigenvalue weighted by Gasteiger charge is -2.11. The van der Waals surface area contributed by atoms with Gasteiger partial charge in [0.2, 0.25) is 0 Å². The normalized spacial score (nSPS) is 11.1. The summed E-state index contributed by atoms with van der Waals surface area (Å²) in [6.07, 6.45) is 0.965. The summed E-state index contributed by atoms with van der Waals surface area (Å²) in [6.45, 7) is 6.86. The van der Waals surface area contributed by atoms with Gasteiger partial charge in [-0.1, -0.05) is 42.3 Å². The second-order valence-corrected chi connectivity index (χ2v) is 6.76. The Morgan fingerprint density at radius 3 is 2.60 bits per heavy atom. The fourth-order valence-electron chi connectivity index (χ4n) is 3.19. The first kappa shape index (κ1) is 17.8. The van der Waals surface area contributed by atoms with Crippen molar-refractivity contribution in [2.75, 3.05) is 5.32 Å². The van der Waals surface area contributed by atoms with E-state index in [4.69, 9.17) is 23.2 Å². The number of hydrogen-bond acceptors (Lipinski definition) is 1. The minimum Gasteiger partial charge on any atom is -0.337 e. The molecule has 0 spiro atoms. The maximum Gasteiger partial charge on any atom is 0.272 e. The largest absolute Gasteiger partial charge is 0.337 e. The molecule has 0 radical (unpaired) electrons. The van der Waals surface area contributed by atoms with E-state index < -0.39 is 0 Å². The van der Waals surface area contributed by atoms with E-state index in [1.165, 1.54) is 5.56 Å². The molecule has 5 heteroatoms. The van der Waals surface area contributed by atoms with Gasteiger partial charge < -0.3 is 9.88 Å². The van der Waals surface area contributed by atoms with Crippen LogP contribution < -0.4 is 5.32 Å². The van der Waals surface area contributed by atoms with Gasteiger partial charge in [-0.25, -0.2) is 0 Å². The highest BCUT2D eigenvalue weighted by Crippen LogP contribution is 2.31. The molecule has 0 saturated carbocycles. The average molecular weight is 375 g/mol. The number of anilines is 1. The van der Waals surface area contributed by atoms with Crippen molar-refractivity contribution in [2.45, 2.75) is 33.7 Å². The van der Waals surface area contributed by atoms with Gasteiger partial charge in [-0.05, 0) is 55.7 Å². The molecule has 0 aliphatic rings. The van der Waals surface area contributed by atoms with Gasteiger partial charge >= 0.3 is 0 Å². The minimum atomic E-state index is -0.183. The molecule has 3 nitrogen and oxygen atoms in total. The number of carbonyl (C=O) groups excluding carboxylic acids is 1. The Balaban J connectivity index is 2.09. The van der Waals surface area contributed by atoms with Gasteiger partial charge in [-0.2, -0.15) is 0 Å². The molecule has 130 valence electrons. The second-order valence-electron chi connectivity index (χ2n) is 5.98.